The second kappa shape index (κ2) is 9.05. The minimum atomic E-state index is -1.93. The lowest BCUT2D eigenvalue weighted by Crippen LogP contribution is -2.44. The molecule has 144 valence electrons. The van der Waals surface area contributed by atoms with E-state index in [2.05, 4.69) is 25.7 Å². The van der Waals surface area contributed by atoms with E-state index >= 15 is 0 Å². The molecule has 2 heterocycles. The van der Waals surface area contributed by atoms with Gasteiger partial charge in [0.1, 0.15) is 0 Å². The third-order valence-corrected chi connectivity index (χ3v) is 9.93. The van der Waals surface area contributed by atoms with Crippen LogP contribution in [-0.4, -0.2) is 57.9 Å². The zero-order chi connectivity index (χ0) is 18.3. The van der Waals surface area contributed by atoms with Crippen LogP contribution in [-0.2, 0) is 23.4 Å². The summed E-state index contributed by atoms with van der Waals surface area (Å²) in [5.74, 6) is -0.406. The normalized spacial score (nSPS) is 20.8. The first-order chi connectivity index (χ1) is 12.0. The van der Waals surface area contributed by atoms with E-state index in [1.165, 1.54) is 0 Å². The van der Waals surface area contributed by atoms with Crippen molar-refractivity contribution in [2.24, 2.45) is 0 Å². The highest BCUT2D eigenvalue weighted by Gasteiger charge is 2.40. The van der Waals surface area contributed by atoms with Crippen LogP contribution in [0.4, 0.5) is 0 Å². The summed E-state index contributed by atoms with van der Waals surface area (Å²) in [5, 5.41) is 0. The summed E-state index contributed by atoms with van der Waals surface area (Å²) in [5.41, 5.74) is 0. The van der Waals surface area contributed by atoms with Crippen LogP contribution in [0.3, 0.4) is 0 Å². The summed E-state index contributed by atoms with van der Waals surface area (Å²) in [6.07, 6.45) is 3.46. The fourth-order valence-electron chi connectivity index (χ4n) is 3.47. The van der Waals surface area contributed by atoms with Gasteiger partial charge < -0.3 is 23.5 Å². The minimum Gasteiger partial charge on any atom is -0.538 e. The van der Waals surface area contributed by atoms with Crippen molar-refractivity contribution >= 4 is 14.3 Å². The van der Waals surface area contributed by atoms with Gasteiger partial charge in [0.25, 0.3) is 8.32 Å². The molecule has 0 aromatic rings. The Balaban J connectivity index is 2.09. The van der Waals surface area contributed by atoms with Crippen LogP contribution in [0.15, 0.2) is 12.0 Å². The molecule has 25 heavy (non-hydrogen) atoms. The molecule has 0 saturated carbocycles. The molecule has 7 heteroatoms. The zero-order valence-corrected chi connectivity index (χ0v) is 17.1. The van der Waals surface area contributed by atoms with E-state index in [0.717, 1.165) is 44.1 Å². The van der Waals surface area contributed by atoms with Gasteiger partial charge in [-0.25, -0.2) is 4.79 Å². The van der Waals surface area contributed by atoms with Crippen molar-refractivity contribution in [3.63, 3.8) is 0 Å². The van der Waals surface area contributed by atoms with Crippen LogP contribution in [0, 0.1) is 0 Å². The molecule has 1 spiro atoms. The Morgan fingerprint density at radius 3 is 2.12 bits per heavy atom. The largest absolute Gasteiger partial charge is 0.538 e. The van der Waals surface area contributed by atoms with E-state index in [0.29, 0.717) is 25.6 Å². The van der Waals surface area contributed by atoms with Crippen LogP contribution in [0.5, 0.6) is 0 Å². The van der Waals surface area contributed by atoms with Gasteiger partial charge >= 0.3 is 5.97 Å². The average Bonchev–Trinajstić information content (AvgIpc) is 3.09. The fourth-order valence-corrected chi connectivity index (χ4v) is 6.00. The number of nitrogens with zero attached hydrogens (tertiary/aromatic N) is 1. The number of ether oxygens (including phenoxy) is 3. The van der Waals surface area contributed by atoms with E-state index in [1.54, 1.807) is 0 Å². The number of esters is 1. The minimum absolute atomic E-state index is 0.350. The monoisotopic (exact) mass is 371 g/mol. The van der Waals surface area contributed by atoms with Gasteiger partial charge in [-0.2, -0.15) is 0 Å². The number of rotatable bonds is 8. The number of likely N-dealkylation sites (tertiary alicyclic amines) is 1. The number of hydrogen-bond acceptors (Lipinski definition) is 6. The van der Waals surface area contributed by atoms with Crippen LogP contribution in [0.1, 0.15) is 40.5 Å². The first kappa shape index (κ1) is 20.3. The summed E-state index contributed by atoms with van der Waals surface area (Å²) in [7, 11) is -1.93. The number of hydrogen-bond donors (Lipinski definition) is 0. The van der Waals surface area contributed by atoms with Gasteiger partial charge in [-0.15, -0.1) is 0 Å². The molecule has 0 atom stereocenters. The van der Waals surface area contributed by atoms with Crippen LogP contribution in [0.2, 0.25) is 18.1 Å². The smallest absolute Gasteiger partial charge is 0.373 e. The van der Waals surface area contributed by atoms with Crippen LogP contribution in [0.25, 0.3) is 0 Å². The Kier molecular flexibility index (Phi) is 7.33. The van der Waals surface area contributed by atoms with Crippen molar-refractivity contribution in [3.05, 3.63) is 12.0 Å². The highest BCUT2D eigenvalue weighted by Crippen LogP contribution is 2.32. The summed E-state index contributed by atoms with van der Waals surface area (Å²) >= 11 is 0. The van der Waals surface area contributed by atoms with Crippen molar-refractivity contribution in [1.29, 1.82) is 0 Å². The molecular formula is C18H33NO5Si. The fraction of sp³-hybridized carbons (Fsp3) is 0.833. The molecule has 0 unspecified atom stereocenters. The Hall–Kier alpha value is -1.05. The standard InChI is InChI=1S/C18H33NO5Si/c1-5-21-17(20)16(24-25(6-2,7-3)8-4)15-19-11-9-18(10-12-19)22-13-14-23-18/h15H,5-14H2,1-4H3/b16-15-. The highest BCUT2D eigenvalue weighted by molar-refractivity contribution is 6.74. The van der Waals surface area contributed by atoms with Gasteiger partial charge in [-0.3, -0.25) is 0 Å². The molecule has 0 aromatic carbocycles. The first-order valence-electron chi connectivity index (χ1n) is 9.62. The zero-order valence-electron chi connectivity index (χ0n) is 16.1. The molecular weight excluding hydrogens is 338 g/mol. The number of carbonyl (C=O) groups is 1. The van der Waals surface area contributed by atoms with Crippen molar-refractivity contribution in [3.8, 4) is 0 Å². The highest BCUT2D eigenvalue weighted by atomic mass is 28.4. The summed E-state index contributed by atoms with van der Waals surface area (Å²) in [4.78, 5) is 14.6. The topological polar surface area (TPSA) is 57.2 Å². The molecule has 0 aromatic heterocycles. The van der Waals surface area contributed by atoms with Gasteiger partial charge in [0, 0.05) is 32.1 Å². The first-order valence-corrected chi connectivity index (χ1v) is 12.1. The molecule has 2 saturated heterocycles. The lowest BCUT2D eigenvalue weighted by Gasteiger charge is -2.37. The van der Waals surface area contributed by atoms with E-state index in [-0.39, 0.29) is 5.97 Å². The molecule has 6 nitrogen and oxygen atoms in total. The third-order valence-electron chi connectivity index (χ3n) is 5.41. The molecule has 0 N–H and O–H groups in total. The van der Waals surface area contributed by atoms with Gasteiger partial charge in [0.15, 0.2) is 5.79 Å². The molecule has 0 bridgehead atoms. The van der Waals surface area contributed by atoms with Crippen molar-refractivity contribution in [2.45, 2.75) is 64.5 Å². The molecule has 0 radical (unpaired) electrons. The van der Waals surface area contributed by atoms with Gasteiger partial charge in [0.2, 0.25) is 5.76 Å². The average molecular weight is 372 g/mol. The molecule has 0 amide bonds. The Labute approximate surface area is 152 Å². The van der Waals surface area contributed by atoms with Gasteiger partial charge in [-0.1, -0.05) is 20.8 Å². The van der Waals surface area contributed by atoms with Gasteiger partial charge in [0.05, 0.1) is 19.8 Å². The number of carbonyl (C=O) groups excluding carboxylic acids is 1. The summed E-state index contributed by atoms with van der Waals surface area (Å²) < 4.78 is 23.1. The molecule has 2 rings (SSSR count). The summed E-state index contributed by atoms with van der Waals surface area (Å²) in [6, 6.07) is 2.96. The van der Waals surface area contributed by atoms with E-state index in [1.807, 2.05) is 13.1 Å². The Morgan fingerprint density at radius 1 is 1.08 bits per heavy atom. The van der Waals surface area contributed by atoms with Crippen molar-refractivity contribution < 1.29 is 23.4 Å². The molecule has 2 aliphatic heterocycles. The second-order valence-electron chi connectivity index (χ2n) is 6.70. The van der Waals surface area contributed by atoms with E-state index < -0.39 is 14.1 Å². The maximum Gasteiger partial charge on any atom is 0.373 e. The quantitative estimate of drug-likeness (QED) is 0.282. The maximum atomic E-state index is 12.4. The lowest BCUT2D eigenvalue weighted by atomic mass is 10.0. The second-order valence-corrected chi connectivity index (χ2v) is 11.4. The van der Waals surface area contributed by atoms with Crippen LogP contribution >= 0.6 is 0 Å². The third kappa shape index (κ3) is 4.98. The van der Waals surface area contributed by atoms with E-state index in [9.17, 15) is 4.79 Å². The SMILES string of the molecule is CCOC(=O)/C(=C/N1CCC2(CC1)OCCO2)O[Si](CC)(CC)CC. The molecule has 2 aliphatic rings. The molecule has 0 aliphatic carbocycles. The predicted octanol–water partition coefficient (Wildman–Crippen LogP) is 3.25. The predicted molar refractivity (Wildman–Crippen MR) is 98.4 cm³/mol. The number of piperidine rings is 1. The van der Waals surface area contributed by atoms with Crippen LogP contribution < -0.4 is 0 Å². The van der Waals surface area contributed by atoms with Crippen molar-refractivity contribution in [1.82, 2.24) is 4.90 Å². The van der Waals surface area contributed by atoms with Crippen molar-refractivity contribution in [2.75, 3.05) is 32.9 Å². The Morgan fingerprint density at radius 2 is 1.64 bits per heavy atom. The lowest BCUT2D eigenvalue weighted by molar-refractivity contribution is -0.182. The Bertz CT molecular complexity index is 454. The molecule has 2 fully saturated rings. The van der Waals surface area contributed by atoms with Gasteiger partial charge in [-0.05, 0) is 25.1 Å². The van der Waals surface area contributed by atoms with E-state index in [4.69, 9.17) is 18.6 Å². The summed E-state index contributed by atoms with van der Waals surface area (Å²) in [6.45, 7) is 11.5. The maximum absolute atomic E-state index is 12.4.